The number of halogens is 2. The van der Waals surface area contributed by atoms with Crippen LogP contribution in [0.4, 0.5) is 4.39 Å². The van der Waals surface area contributed by atoms with Crippen molar-refractivity contribution in [2.75, 3.05) is 27.7 Å². The predicted molar refractivity (Wildman–Crippen MR) is 77.7 cm³/mol. The van der Waals surface area contributed by atoms with E-state index < -0.39 is 23.7 Å². The topological polar surface area (TPSA) is 60.9 Å². The zero-order chi connectivity index (χ0) is 16.2. The summed E-state index contributed by atoms with van der Waals surface area (Å²) in [6.45, 7) is 0.0462. The van der Waals surface area contributed by atoms with Crippen LogP contribution < -0.4 is 0 Å². The van der Waals surface area contributed by atoms with Gasteiger partial charge >= 0.3 is 5.97 Å². The van der Waals surface area contributed by atoms with Crippen LogP contribution in [-0.2, 0) is 9.59 Å². The van der Waals surface area contributed by atoms with Gasteiger partial charge in [0.15, 0.2) is 0 Å². The largest absolute Gasteiger partial charge is 0.481 e. The fourth-order valence-corrected chi connectivity index (χ4v) is 2.22. The first-order valence-electron chi connectivity index (χ1n) is 6.32. The highest BCUT2D eigenvalue weighted by Gasteiger charge is 2.30. The Labute approximate surface area is 127 Å². The van der Waals surface area contributed by atoms with E-state index >= 15 is 0 Å². The number of aliphatic carboxylic acids is 1. The molecule has 0 bridgehead atoms. The molecule has 116 valence electrons. The van der Waals surface area contributed by atoms with Gasteiger partial charge in [0.25, 0.3) is 0 Å². The van der Waals surface area contributed by atoms with E-state index in [2.05, 4.69) is 0 Å². The number of nitrogens with zero attached hydrogens (tertiary/aromatic N) is 2. The molecular formula is C14H18ClFN2O3. The summed E-state index contributed by atoms with van der Waals surface area (Å²) in [6.07, 6.45) is -0.173. The Morgan fingerprint density at radius 3 is 2.43 bits per heavy atom. The van der Waals surface area contributed by atoms with Gasteiger partial charge in [-0.15, -0.1) is 0 Å². The van der Waals surface area contributed by atoms with E-state index in [0.717, 1.165) is 0 Å². The molecule has 1 aromatic rings. The second-order valence-corrected chi connectivity index (χ2v) is 5.31. The van der Waals surface area contributed by atoms with Gasteiger partial charge in [-0.1, -0.05) is 17.7 Å². The minimum absolute atomic E-state index is 0.0462. The minimum atomic E-state index is -1.00. The van der Waals surface area contributed by atoms with Crippen molar-refractivity contribution in [3.63, 3.8) is 0 Å². The molecule has 0 aliphatic rings. The van der Waals surface area contributed by atoms with Gasteiger partial charge in [-0.05, 0) is 26.2 Å². The molecule has 1 amide bonds. The molecule has 1 rings (SSSR count). The number of likely N-dealkylation sites (N-methyl/N-ethyl adjacent to an activating group) is 2. The van der Waals surface area contributed by atoms with Crippen molar-refractivity contribution < 1.29 is 19.1 Å². The van der Waals surface area contributed by atoms with Crippen molar-refractivity contribution >= 4 is 23.5 Å². The molecule has 0 aliphatic carbocycles. The SMILES string of the molecule is CN(CCC(=O)O)C(=O)C(c1c(F)cccc1Cl)N(C)C. The lowest BCUT2D eigenvalue weighted by atomic mass is 10.0. The highest BCUT2D eigenvalue weighted by Crippen LogP contribution is 2.30. The number of carboxylic acid groups (broad SMARTS) is 1. The van der Waals surface area contributed by atoms with Gasteiger partial charge in [-0.3, -0.25) is 14.5 Å². The van der Waals surface area contributed by atoms with Gasteiger partial charge in [0.1, 0.15) is 11.9 Å². The lowest BCUT2D eigenvalue weighted by Crippen LogP contribution is -2.39. The fourth-order valence-electron chi connectivity index (χ4n) is 1.96. The molecule has 1 aromatic carbocycles. The molecule has 7 heteroatoms. The summed E-state index contributed by atoms with van der Waals surface area (Å²) >= 11 is 6.01. The summed E-state index contributed by atoms with van der Waals surface area (Å²) in [7, 11) is 4.75. The second kappa shape index (κ2) is 7.38. The van der Waals surface area contributed by atoms with E-state index in [-0.39, 0.29) is 23.6 Å². The normalized spacial score (nSPS) is 12.3. The lowest BCUT2D eigenvalue weighted by Gasteiger charge is -2.29. The lowest BCUT2D eigenvalue weighted by molar-refractivity contribution is -0.139. The smallest absolute Gasteiger partial charge is 0.305 e. The third-order valence-corrected chi connectivity index (χ3v) is 3.39. The van der Waals surface area contributed by atoms with Crippen LogP contribution in [0.5, 0.6) is 0 Å². The summed E-state index contributed by atoms with van der Waals surface area (Å²) in [5.74, 6) is -1.98. The molecule has 1 unspecified atom stereocenters. The number of rotatable bonds is 6. The van der Waals surface area contributed by atoms with Crippen molar-refractivity contribution in [2.24, 2.45) is 0 Å². The molecule has 0 heterocycles. The average molecular weight is 317 g/mol. The number of carboxylic acids is 1. The predicted octanol–water partition coefficient (Wildman–Crippen LogP) is 2.01. The highest BCUT2D eigenvalue weighted by molar-refractivity contribution is 6.31. The fraction of sp³-hybridized carbons (Fsp3) is 0.429. The van der Waals surface area contributed by atoms with Gasteiger partial charge in [-0.25, -0.2) is 4.39 Å². The first kappa shape index (κ1) is 17.4. The first-order chi connectivity index (χ1) is 9.75. The number of hydrogen-bond acceptors (Lipinski definition) is 3. The van der Waals surface area contributed by atoms with Crippen LogP contribution in [0.1, 0.15) is 18.0 Å². The van der Waals surface area contributed by atoms with Crippen molar-refractivity contribution in [1.29, 1.82) is 0 Å². The monoisotopic (exact) mass is 316 g/mol. The summed E-state index contributed by atoms with van der Waals surface area (Å²) in [6, 6.07) is 3.31. The van der Waals surface area contributed by atoms with Gasteiger partial charge in [-0.2, -0.15) is 0 Å². The number of amides is 1. The Morgan fingerprint density at radius 2 is 1.95 bits per heavy atom. The average Bonchev–Trinajstić information content (AvgIpc) is 2.39. The van der Waals surface area contributed by atoms with Gasteiger partial charge < -0.3 is 10.0 Å². The van der Waals surface area contributed by atoms with Crippen LogP contribution in [0.25, 0.3) is 0 Å². The molecule has 0 aromatic heterocycles. The molecule has 5 nitrogen and oxygen atoms in total. The van der Waals surface area contributed by atoms with Crippen LogP contribution in [0, 0.1) is 5.82 Å². The quantitative estimate of drug-likeness (QED) is 0.872. The number of benzene rings is 1. The molecule has 0 radical (unpaired) electrons. The van der Waals surface area contributed by atoms with E-state index in [1.54, 1.807) is 19.0 Å². The molecular weight excluding hydrogens is 299 g/mol. The Morgan fingerprint density at radius 1 is 1.33 bits per heavy atom. The summed E-state index contributed by atoms with van der Waals surface area (Å²) < 4.78 is 14.0. The number of hydrogen-bond donors (Lipinski definition) is 1. The van der Waals surface area contributed by atoms with Gasteiger partial charge in [0, 0.05) is 24.2 Å². The van der Waals surface area contributed by atoms with Crippen LogP contribution in [0.2, 0.25) is 5.02 Å². The zero-order valence-corrected chi connectivity index (χ0v) is 12.9. The van der Waals surface area contributed by atoms with E-state index in [0.29, 0.717) is 0 Å². The van der Waals surface area contributed by atoms with Crippen LogP contribution in [0.15, 0.2) is 18.2 Å². The molecule has 0 saturated carbocycles. The number of carbonyl (C=O) groups excluding carboxylic acids is 1. The molecule has 0 aliphatic heterocycles. The van der Waals surface area contributed by atoms with E-state index in [1.165, 1.54) is 30.1 Å². The maximum Gasteiger partial charge on any atom is 0.305 e. The Hall–Kier alpha value is -1.66. The first-order valence-corrected chi connectivity index (χ1v) is 6.70. The third-order valence-electron chi connectivity index (χ3n) is 3.06. The molecule has 0 fully saturated rings. The maximum absolute atomic E-state index is 14.0. The zero-order valence-electron chi connectivity index (χ0n) is 12.1. The highest BCUT2D eigenvalue weighted by atomic mass is 35.5. The van der Waals surface area contributed by atoms with Gasteiger partial charge in [0.2, 0.25) is 5.91 Å². The summed E-state index contributed by atoms with van der Waals surface area (Å²) in [5, 5.41) is 8.83. The Kier molecular flexibility index (Phi) is 6.11. The Bertz CT molecular complexity index is 517. The molecule has 0 spiro atoms. The molecule has 21 heavy (non-hydrogen) atoms. The minimum Gasteiger partial charge on any atom is -0.481 e. The second-order valence-electron chi connectivity index (χ2n) is 4.91. The van der Waals surface area contributed by atoms with Crippen LogP contribution in [0.3, 0.4) is 0 Å². The van der Waals surface area contributed by atoms with Crippen molar-refractivity contribution in [2.45, 2.75) is 12.5 Å². The Balaban J connectivity index is 3.07. The van der Waals surface area contributed by atoms with Crippen molar-refractivity contribution in [3.8, 4) is 0 Å². The van der Waals surface area contributed by atoms with Gasteiger partial charge in [0.05, 0.1) is 6.42 Å². The third kappa shape index (κ3) is 4.41. The molecule has 0 saturated heterocycles. The number of carbonyl (C=O) groups is 2. The van der Waals surface area contributed by atoms with Crippen molar-refractivity contribution in [3.05, 3.63) is 34.6 Å². The van der Waals surface area contributed by atoms with Crippen LogP contribution >= 0.6 is 11.6 Å². The van der Waals surface area contributed by atoms with Crippen LogP contribution in [-0.4, -0.2) is 54.5 Å². The van der Waals surface area contributed by atoms with E-state index in [4.69, 9.17) is 16.7 Å². The molecule has 1 N–H and O–H groups in total. The van der Waals surface area contributed by atoms with E-state index in [9.17, 15) is 14.0 Å². The summed E-state index contributed by atoms with van der Waals surface area (Å²) in [4.78, 5) is 25.9. The van der Waals surface area contributed by atoms with Crippen molar-refractivity contribution in [1.82, 2.24) is 9.80 Å². The molecule has 1 atom stereocenters. The summed E-state index contributed by atoms with van der Waals surface area (Å²) in [5.41, 5.74) is 0.0938. The standard InChI is InChI=1S/C14H18ClFN2O3/c1-17(2)13(12-9(15)5-4-6-10(12)16)14(21)18(3)8-7-11(19)20/h4-6,13H,7-8H2,1-3H3,(H,19,20). The van der Waals surface area contributed by atoms with E-state index in [1.807, 2.05) is 0 Å². The maximum atomic E-state index is 14.0.